The number of allylic oxidation sites excluding steroid dienone is 4. The minimum absolute atomic E-state index is 0.0339. The van der Waals surface area contributed by atoms with Gasteiger partial charge in [0.05, 0.1) is 12.7 Å². The molecule has 2 atom stereocenters. The van der Waals surface area contributed by atoms with Crippen LogP contribution in [0.1, 0.15) is 91.0 Å². The van der Waals surface area contributed by atoms with Gasteiger partial charge >= 0.3 is 5.97 Å². The van der Waals surface area contributed by atoms with Gasteiger partial charge in [-0.2, -0.15) is 0 Å². The van der Waals surface area contributed by atoms with Crippen molar-refractivity contribution in [2.24, 2.45) is 10.8 Å². The highest BCUT2D eigenvalue weighted by molar-refractivity contribution is 5.71. The van der Waals surface area contributed by atoms with E-state index < -0.39 is 11.7 Å². The molecule has 0 heterocycles. The van der Waals surface area contributed by atoms with E-state index in [1.165, 1.54) is 24.8 Å². The zero-order valence-corrected chi connectivity index (χ0v) is 23.8. The number of rotatable bonds is 10. The number of benzene rings is 1. The SMILES string of the molecule is CC(C)(C)OC(=O)COC/C=C1\CCCC[C@@]1(C)/C=C/C=C/C(O)C1(CCC#Cc2ccccc2)CCC1. The molecule has 4 heteroatoms. The highest BCUT2D eigenvalue weighted by Crippen LogP contribution is 2.48. The lowest BCUT2D eigenvalue weighted by atomic mass is 9.62. The Morgan fingerprint density at radius 3 is 2.55 bits per heavy atom. The smallest absolute Gasteiger partial charge is 0.332 e. The van der Waals surface area contributed by atoms with E-state index in [-0.39, 0.29) is 23.4 Å². The van der Waals surface area contributed by atoms with Crippen molar-refractivity contribution in [3.63, 3.8) is 0 Å². The van der Waals surface area contributed by atoms with Crippen LogP contribution in [-0.2, 0) is 14.3 Å². The highest BCUT2D eigenvalue weighted by atomic mass is 16.6. The average molecular weight is 519 g/mol. The average Bonchev–Trinajstić information content (AvgIpc) is 2.84. The van der Waals surface area contributed by atoms with E-state index in [9.17, 15) is 9.90 Å². The van der Waals surface area contributed by atoms with E-state index in [1.807, 2.05) is 63.3 Å². The molecule has 4 nitrogen and oxygen atoms in total. The van der Waals surface area contributed by atoms with Crippen molar-refractivity contribution in [3.05, 3.63) is 71.8 Å². The first-order valence-corrected chi connectivity index (χ1v) is 14.2. The van der Waals surface area contributed by atoms with E-state index >= 15 is 0 Å². The van der Waals surface area contributed by atoms with Gasteiger partial charge in [0.2, 0.25) is 0 Å². The molecule has 1 aromatic carbocycles. The highest BCUT2D eigenvalue weighted by Gasteiger charge is 2.41. The summed E-state index contributed by atoms with van der Waals surface area (Å²) in [4.78, 5) is 11.9. The summed E-state index contributed by atoms with van der Waals surface area (Å²) < 4.78 is 10.9. The maximum absolute atomic E-state index is 11.9. The summed E-state index contributed by atoms with van der Waals surface area (Å²) in [6.07, 6.45) is 19.5. The number of ether oxygens (including phenoxy) is 2. The van der Waals surface area contributed by atoms with E-state index in [4.69, 9.17) is 9.47 Å². The molecule has 2 aliphatic rings. The standard InChI is InChI=1S/C34H46O4/c1-32(2,3)38-31(36)27-37-26-20-29-18-9-11-21-33(29,4)22-12-10-19-30(35)34(24-14-25-34)23-13-8-17-28-15-6-5-7-16-28/h5-7,10,12,15-16,19-20,22,30,35H,9,11,13-14,18,21,23-27H2,1-4H3/b19-10+,22-12+,29-20+/t30?,33-/m0/s1. The lowest BCUT2D eigenvalue weighted by molar-refractivity contribution is -0.159. The third-order valence-corrected chi connectivity index (χ3v) is 7.81. The second-order valence-corrected chi connectivity index (χ2v) is 12.0. The summed E-state index contributed by atoms with van der Waals surface area (Å²) in [5.41, 5.74) is 1.82. The van der Waals surface area contributed by atoms with Gasteiger partial charge in [-0.15, -0.1) is 0 Å². The molecule has 2 fully saturated rings. The van der Waals surface area contributed by atoms with Crippen LogP contribution in [0.2, 0.25) is 0 Å². The van der Waals surface area contributed by atoms with Crippen LogP contribution in [0.3, 0.4) is 0 Å². The normalized spacial score (nSPS) is 23.1. The van der Waals surface area contributed by atoms with Gasteiger partial charge in [0.25, 0.3) is 0 Å². The van der Waals surface area contributed by atoms with Crippen molar-refractivity contribution in [2.75, 3.05) is 13.2 Å². The molecule has 38 heavy (non-hydrogen) atoms. The van der Waals surface area contributed by atoms with Gasteiger partial charge in [0.1, 0.15) is 12.2 Å². The van der Waals surface area contributed by atoms with Crippen molar-refractivity contribution >= 4 is 5.97 Å². The Kier molecular flexibility index (Phi) is 11.0. The molecule has 2 saturated carbocycles. The second kappa shape index (κ2) is 14.0. The molecule has 0 spiro atoms. The Hall–Kier alpha value is -2.61. The van der Waals surface area contributed by atoms with Crippen LogP contribution in [0, 0.1) is 22.7 Å². The van der Waals surface area contributed by atoms with Crippen LogP contribution >= 0.6 is 0 Å². The maximum atomic E-state index is 11.9. The summed E-state index contributed by atoms with van der Waals surface area (Å²) in [7, 11) is 0. The van der Waals surface area contributed by atoms with E-state index in [1.54, 1.807) is 0 Å². The molecule has 1 aromatic rings. The zero-order chi connectivity index (χ0) is 27.5. The van der Waals surface area contributed by atoms with Gasteiger partial charge in [-0.25, -0.2) is 4.79 Å². The third-order valence-electron chi connectivity index (χ3n) is 7.81. The zero-order valence-electron chi connectivity index (χ0n) is 23.8. The number of carbonyl (C=O) groups is 1. The Morgan fingerprint density at radius 2 is 1.87 bits per heavy atom. The van der Waals surface area contributed by atoms with E-state index in [2.05, 4.69) is 37.0 Å². The first-order valence-electron chi connectivity index (χ1n) is 14.2. The van der Waals surface area contributed by atoms with E-state index in [0.717, 1.165) is 44.1 Å². The number of hydrogen-bond acceptors (Lipinski definition) is 4. The fraction of sp³-hybridized carbons (Fsp3) is 0.559. The molecule has 0 bridgehead atoms. The summed E-state index contributed by atoms with van der Waals surface area (Å²) in [6.45, 7) is 8.21. The summed E-state index contributed by atoms with van der Waals surface area (Å²) in [6, 6.07) is 10.1. The van der Waals surface area contributed by atoms with Crippen molar-refractivity contribution in [2.45, 2.75) is 97.2 Å². The number of carbonyl (C=O) groups excluding carboxylic acids is 1. The summed E-state index contributed by atoms with van der Waals surface area (Å²) in [5.74, 6) is 6.20. The van der Waals surface area contributed by atoms with Gasteiger partial charge in [0.15, 0.2) is 0 Å². The number of hydrogen-bond donors (Lipinski definition) is 1. The Labute approximate surface area is 230 Å². The van der Waals surface area contributed by atoms with Gasteiger partial charge < -0.3 is 14.6 Å². The maximum Gasteiger partial charge on any atom is 0.332 e. The largest absolute Gasteiger partial charge is 0.458 e. The first-order chi connectivity index (χ1) is 18.1. The predicted octanol–water partition coefficient (Wildman–Crippen LogP) is 7.33. The number of aliphatic hydroxyl groups is 1. The molecular weight excluding hydrogens is 472 g/mol. The fourth-order valence-electron chi connectivity index (χ4n) is 5.42. The number of aliphatic hydroxyl groups excluding tert-OH is 1. The lowest BCUT2D eigenvalue weighted by Gasteiger charge is -2.44. The Balaban J connectivity index is 1.51. The Morgan fingerprint density at radius 1 is 1.11 bits per heavy atom. The van der Waals surface area contributed by atoms with Crippen molar-refractivity contribution in [1.29, 1.82) is 0 Å². The lowest BCUT2D eigenvalue weighted by Crippen LogP contribution is -2.40. The molecular formula is C34H46O4. The molecule has 1 N–H and O–H groups in total. The third kappa shape index (κ3) is 9.29. The summed E-state index contributed by atoms with van der Waals surface area (Å²) >= 11 is 0. The first kappa shape index (κ1) is 29.9. The van der Waals surface area contributed by atoms with Crippen LogP contribution in [0.25, 0.3) is 0 Å². The van der Waals surface area contributed by atoms with Crippen LogP contribution in [0.5, 0.6) is 0 Å². The molecule has 0 saturated heterocycles. The monoisotopic (exact) mass is 518 g/mol. The number of esters is 1. The molecule has 0 radical (unpaired) electrons. The quantitative estimate of drug-likeness (QED) is 0.116. The topological polar surface area (TPSA) is 55.8 Å². The van der Waals surface area contributed by atoms with Crippen LogP contribution < -0.4 is 0 Å². The second-order valence-electron chi connectivity index (χ2n) is 12.0. The molecule has 2 aliphatic carbocycles. The van der Waals surface area contributed by atoms with Gasteiger partial charge in [0, 0.05) is 22.8 Å². The fourth-order valence-corrected chi connectivity index (χ4v) is 5.42. The van der Waals surface area contributed by atoms with Crippen molar-refractivity contribution < 1.29 is 19.4 Å². The minimum atomic E-state index is -0.499. The van der Waals surface area contributed by atoms with Gasteiger partial charge in [-0.1, -0.05) is 85.8 Å². The Bertz CT molecular complexity index is 1040. The molecule has 206 valence electrons. The molecule has 0 aliphatic heterocycles. The van der Waals surface area contributed by atoms with Crippen molar-refractivity contribution in [3.8, 4) is 11.8 Å². The van der Waals surface area contributed by atoms with Gasteiger partial charge in [-0.3, -0.25) is 0 Å². The van der Waals surface area contributed by atoms with Crippen LogP contribution in [0.4, 0.5) is 0 Å². The molecule has 1 unspecified atom stereocenters. The minimum Gasteiger partial charge on any atom is -0.458 e. The molecule has 3 rings (SSSR count). The predicted molar refractivity (Wildman–Crippen MR) is 154 cm³/mol. The van der Waals surface area contributed by atoms with E-state index in [0.29, 0.717) is 6.61 Å². The summed E-state index contributed by atoms with van der Waals surface area (Å²) in [5, 5.41) is 11.0. The molecule has 0 aromatic heterocycles. The van der Waals surface area contributed by atoms with Crippen LogP contribution in [-0.4, -0.2) is 36.0 Å². The van der Waals surface area contributed by atoms with Crippen molar-refractivity contribution in [1.82, 2.24) is 0 Å². The van der Waals surface area contributed by atoms with Gasteiger partial charge in [-0.05, 0) is 71.4 Å². The molecule has 0 amide bonds. The van der Waals surface area contributed by atoms with Crippen LogP contribution in [0.15, 0.2) is 66.3 Å².